The van der Waals surface area contributed by atoms with E-state index in [9.17, 15) is 4.79 Å². The van der Waals surface area contributed by atoms with Crippen LogP contribution in [-0.4, -0.2) is 18.6 Å². The summed E-state index contributed by atoms with van der Waals surface area (Å²) in [5.74, 6) is 1.14. The van der Waals surface area contributed by atoms with Gasteiger partial charge in [0.1, 0.15) is 11.5 Å². The lowest BCUT2D eigenvalue weighted by molar-refractivity contribution is 0.102. The number of benzene rings is 2. The fraction of sp³-hybridized carbons (Fsp3) is 0.263. The van der Waals surface area contributed by atoms with E-state index in [1.54, 1.807) is 24.3 Å². The topological polar surface area (TPSA) is 71.3 Å². The van der Waals surface area contributed by atoms with Gasteiger partial charge < -0.3 is 14.8 Å². The third-order valence-corrected chi connectivity index (χ3v) is 3.67. The highest BCUT2D eigenvalue weighted by atomic mass is 16.5. The number of hydrogen-bond donors (Lipinski definition) is 1. The minimum absolute atomic E-state index is 0.0364. The van der Waals surface area contributed by atoms with Crippen LogP contribution >= 0.6 is 0 Å². The van der Waals surface area contributed by atoms with Crippen LogP contribution in [0.4, 0.5) is 5.69 Å². The molecule has 0 bridgehead atoms. The lowest BCUT2D eigenvalue weighted by Gasteiger charge is -2.15. The highest BCUT2D eigenvalue weighted by Crippen LogP contribution is 2.29. The first-order valence-corrected chi connectivity index (χ1v) is 7.84. The number of ether oxygens (including phenoxy) is 2. The second-order valence-corrected chi connectivity index (χ2v) is 5.86. The van der Waals surface area contributed by atoms with Crippen molar-refractivity contribution < 1.29 is 14.3 Å². The molecular weight excluding hydrogens is 304 g/mol. The number of nitriles is 1. The molecule has 1 N–H and O–H groups in total. The van der Waals surface area contributed by atoms with Crippen LogP contribution in [0.3, 0.4) is 0 Å². The normalized spacial score (nSPS) is 12.2. The van der Waals surface area contributed by atoms with E-state index in [1.165, 1.54) is 0 Å². The van der Waals surface area contributed by atoms with Crippen LogP contribution in [0.25, 0.3) is 0 Å². The monoisotopic (exact) mass is 322 g/mol. The molecule has 0 aliphatic carbocycles. The van der Waals surface area contributed by atoms with Gasteiger partial charge in [0.2, 0.25) is 0 Å². The van der Waals surface area contributed by atoms with Crippen LogP contribution in [0.2, 0.25) is 0 Å². The molecular formula is C19H18N2O3. The highest BCUT2D eigenvalue weighted by Gasteiger charge is 2.16. The molecule has 3 rings (SSSR count). The lowest BCUT2D eigenvalue weighted by atomic mass is 10.1. The zero-order valence-corrected chi connectivity index (χ0v) is 13.6. The van der Waals surface area contributed by atoms with E-state index in [4.69, 9.17) is 14.7 Å². The largest absolute Gasteiger partial charge is 0.493 e. The maximum Gasteiger partial charge on any atom is 0.255 e. The zero-order chi connectivity index (χ0) is 17.1. The maximum atomic E-state index is 12.6. The molecule has 5 heteroatoms. The van der Waals surface area contributed by atoms with Crippen LogP contribution in [0.1, 0.15) is 35.3 Å². The van der Waals surface area contributed by atoms with Crippen molar-refractivity contribution in [3.63, 3.8) is 0 Å². The van der Waals surface area contributed by atoms with Crippen molar-refractivity contribution in [3.8, 4) is 17.6 Å². The summed E-state index contributed by atoms with van der Waals surface area (Å²) in [7, 11) is 0. The summed E-state index contributed by atoms with van der Waals surface area (Å²) in [5, 5.41) is 11.9. The minimum atomic E-state index is -0.242. The standard InChI is InChI=1S/C19H18N2O3/c1-12(2)24-18-5-3-13(11-20)9-16(18)21-19(22)15-4-6-17-14(10-15)7-8-23-17/h3-6,9-10,12H,7-8H2,1-2H3,(H,21,22). The molecule has 122 valence electrons. The smallest absolute Gasteiger partial charge is 0.255 e. The summed E-state index contributed by atoms with van der Waals surface area (Å²) >= 11 is 0. The van der Waals surface area contributed by atoms with E-state index in [0.717, 1.165) is 17.7 Å². The van der Waals surface area contributed by atoms with Gasteiger partial charge in [0.25, 0.3) is 5.91 Å². The number of fused-ring (bicyclic) bond motifs is 1. The fourth-order valence-corrected chi connectivity index (χ4v) is 2.58. The highest BCUT2D eigenvalue weighted by molar-refractivity contribution is 6.05. The average molecular weight is 322 g/mol. The summed E-state index contributed by atoms with van der Waals surface area (Å²) in [6.45, 7) is 4.46. The molecule has 0 fully saturated rings. The van der Waals surface area contributed by atoms with Gasteiger partial charge in [-0.1, -0.05) is 0 Å². The lowest BCUT2D eigenvalue weighted by Crippen LogP contribution is -2.15. The van der Waals surface area contributed by atoms with Gasteiger partial charge in [0.05, 0.1) is 30.0 Å². The zero-order valence-electron chi connectivity index (χ0n) is 13.6. The molecule has 0 aromatic heterocycles. The second kappa shape index (κ2) is 6.63. The predicted octanol–water partition coefficient (Wildman–Crippen LogP) is 3.53. The van der Waals surface area contributed by atoms with Crippen molar-refractivity contribution in [3.05, 3.63) is 53.1 Å². The van der Waals surface area contributed by atoms with Crippen molar-refractivity contribution in [2.45, 2.75) is 26.4 Å². The molecule has 0 spiro atoms. The molecule has 0 saturated carbocycles. The first-order valence-electron chi connectivity index (χ1n) is 7.84. The van der Waals surface area contributed by atoms with Crippen molar-refractivity contribution in [1.29, 1.82) is 5.26 Å². The first-order chi connectivity index (χ1) is 11.6. The Kier molecular flexibility index (Phi) is 4.39. The van der Waals surface area contributed by atoms with Gasteiger partial charge >= 0.3 is 0 Å². The summed E-state index contributed by atoms with van der Waals surface area (Å²) in [6, 6.07) is 12.4. The Morgan fingerprint density at radius 3 is 2.88 bits per heavy atom. The number of rotatable bonds is 4. The molecule has 24 heavy (non-hydrogen) atoms. The number of amides is 1. The van der Waals surface area contributed by atoms with E-state index in [0.29, 0.717) is 29.2 Å². The Morgan fingerprint density at radius 1 is 1.29 bits per heavy atom. The summed E-state index contributed by atoms with van der Waals surface area (Å²) < 4.78 is 11.2. The third-order valence-electron chi connectivity index (χ3n) is 3.67. The van der Waals surface area contributed by atoms with Crippen molar-refractivity contribution >= 4 is 11.6 Å². The van der Waals surface area contributed by atoms with Gasteiger partial charge in [-0.05, 0) is 55.8 Å². The molecule has 0 unspecified atom stereocenters. The molecule has 1 heterocycles. The van der Waals surface area contributed by atoms with Crippen molar-refractivity contribution in [2.75, 3.05) is 11.9 Å². The van der Waals surface area contributed by atoms with E-state index < -0.39 is 0 Å². The third kappa shape index (κ3) is 3.33. The Balaban J connectivity index is 1.86. The Bertz CT molecular complexity index is 822. The van der Waals surface area contributed by atoms with Gasteiger partial charge in [-0.25, -0.2) is 0 Å². The molecule has 0 atom stereocenters. The SMILES string of the molecule is CC(C)Oc1ccc(C#N)cc1NC(=O)c1ccc2c(c1)CCO2. The summed E-state index contributed by atoms with van der Waals surface area (Å²) in [4.78, 5) is 12.6. The predicted molar refractivity (Wildman–Crippen MR) is 90.5 cm³/mol. The average Bonchev–Trinajstić information content (AvgIpc) is 3.03. The summed E-state index contributed by atoms with van der Waals surface area (Å²) in [6.07, 6.45) is 0.771. The number of nitrogens with zero attached hydrogens (tertiary/aromatic N) is 1. The number of anilines is 1. The molecule has 0 saturated heterocycles. The van der Waals surface area contributed by atoms with Crippen LogP contribution in [0.15, 0.2) is 36.4 Å². The summed E-state index contributed by atoms with van der Waals surface area (Å²) in [5.41, 5.74) is 2.54. The van der Waals surface area contributed by atoms with E-state index >= 15 is 0 Å². The molecule has 0 radical (unpaired) electrons. The van der Waals surface area contributed by atoms with Crippen LogP contribution < -0.4 is 14.8 Å². The van der Waals surface area contributed by atoms with Crippen LogP contribution in [-0.2, 0) is 6.42 Å². The number of nitrogens with one attached hydrogen (secondary N) is 1. The van der Waals surface area contributed by atoms with Gasteiger partial charge in [-0.3, -0.25) is 4.79 Å². The van der Waals surface area contributed by atoms with Crippen molar-refractivity contribution in [2.24, 2.45) is 0 Å². The van der Waals surface area contributed by atoms with Crippen LogP contribution in [0.5, 0.6) is 11.5 Å². The van der Waals surface area contributed by atoms with Crippen molar-refractivity contribution in [1.82, 2.24) is 0 Å². The maximum absolute atomic E-state index is 12.6. The minimum Gasteiger partial charge on any atom is -0.493 e. The molecule has 5 nitrogen and oxygen atoms in total. The number of carbonyl (C=O) groups excluding carboxylic acids is 1. The fourth-order valence-electron chi connectivity index (χ4n) is 2.58. The quantitative estimate of drug-likeness (QED) is 0.934. The second-order valence-electron chi connectivity index (χ2n) is 5.86. The van der Waals surface area contributed by atoms with E-state index in [2.05, 4.69) is 11.4 Å². The Labute approximate surface area is 140 Å². The molecule has 1 aliphatic rings. The van der Waals surface area contributed by atoms with Crippen LogP contribution in [0, 0.1) is 11.3 Å². The van der Waals surface area contributed by atoms with Gasteiger partial charge in [0, 0.05) is 12.0 Å². The Hall–Kier alpha value is -3.00. The van der Waals surface area contributed by atoms with Gasteiger partial charge in [-0.2, -0.15) is 5.26 Å². The molecule has 1 amide bonds. The van der Waals surface area contributed by atoms with Gasteiger partial charge in [-0.15, -0.1) is 0 Å². The molecule has 2 aromatic rings. The number of hydrogen-bond acceptors (Lipinski definition) is 4. The van der Waals surface area contributed by atoms with E-state index in [-0.39, 0.29) is 12.0 Å². The Morgan fingerprint density at radius 2 is 2.12 bits per heavy atom. The number of carbonyl (C=O) groups is 1. The molecule has 2 aromatic carbocycles. The first kappa shape index (κ1) is 15.9. The van der Waals surface area contributed by atoms with Gasteiger partial charge in [0.15, 0.2) is 0 Å². The van der Waals surface area contributed by atoms with E-state index in [1.807, 2.05) is 26.0 Å². The molecule has 1 aliphatic heterocycles.